The van der Waals surface area contributed by atoms with E-state index in [0.717, 1.165) is 44.2 Å². The minimum atomic E-state index is -0.142. The highest BCUT2D eigenvalue weighted by Gasteiger charge is 2.17. The molecule has 8 nitrogen and oxygen atoms in total. The highest BCUT2D eigenvalue weighted by atomic mass is 32.1. The topological polar surface area (TPSA) is 97.7 Å². The fraction of sp³-hybridized carbons (Fsp3) is 0.182. The molecule has 0 saturated carbocycles. The summed E-state index contributed by atoms with van der Waals surface area (Å²) in [6, 6.07) is 11.6. The van der Waals surface area contributed by atoms with Gasteiger partial charge in [0.2, 0.25) is 0 Å². The Bertz CT molecular complexity index is 1400. The Balaban J connectivity index is 1.59. The molecular weight excluding hydrogens is 412 g/mol. The number of imidazole rings is 2. The Labute approximate surface area is 181 Å². The lowest BCUT2D eigenvalue weighted by molar-refractivity contribution is 0.0963. The molecule has 0 aliphatic rings. The number of ether oxygens (including phenoxy) is 1. The molecule has 156 valence electrons. The van der Waals surface area contributed by atoms with Crippen LogP contribution in [-0.2, 0) is 11.3 Å². The predicted octanol–water partition coefficient (Wildman–Crippen LogP) is 3.71. The molecule has 0 spiro atoms. The maximum atomic E-state index is 12.0. The van der Waals surface area contributed by atoms with Gasteiger partial charge in [0.1, 0.15) is 11.5 Å². The second kappa shape index (κ2) is 7.93. The van der Waals surface area contributed by atoms with Crippen molar-refractivity contribution in [2.45, 2.75) is 6.54 Å². The van der Waals surface area contributed by atoms with Crippen LogP contribution >= 0.6 is 11.3 Å². The molecule has 0 saturated heterocycles. The number of rotatable bonds is 6. The number of nitrogens with zero attached hydrogens (tertiary/aromatic N) is 4. The average Bonchev–Trinajstić information content (AvgIpc) is 3.54. The molecule has 0 radical (unpaired) electrons. The van der Waals surface area contributed by atoms with E-state index in [1.165, 1.54) is 0 Å². The van der Waals surface area contributed by atoms with Crippen LogP contribution in [0.2, 0.25) is 0 Å². The molecule has 0 atom stereocenters. The molecule has 31 heavy (non-hydrogen) atoms. The van der Waals surface area contributed by atoms with E-state index in [9.17, 15) is 4.79 Å². The third-order valence-corrected chi connectivity index (χ3v) is 5.99. The first-order chi connectivity index (χ1) is 15.2. The number of aromatic nitrogens is 5. The van der Waals surface area contributed by atoms with Crippen LogP contribution < -0.4 is 5.32 Å². The van der Waals surface area contributed by atoms with Crippen molar-refractivity contribution in [3.63, 3.8) is 0 Å². The van der Waals surface area contributed by atoms with Crippen molar-refractivity contribution in [3.8, 4) is 22.9 Å². The third-order valence-electron chi connectivity index (χ3n) is 5.18. The second-order valence-corrected chi connectivity index (χ2v) is 7.93. The number of hydrogen-bond donors (Lipinski definition) is 2. The van der Waals surface area contributed by atoms with Gasteiger partial charge in [0, 0.05) is 31.8 Å². The van der Waals surface area contributed by atoms with Crippen LogP contribution in [0.15, 0.2) is 48.1 Å². The maximum absolute atomic E-state index is 12.0. The van der Waals surface area contributed by atoms with E-state index >= 15 is 0 Å². The Morgan fingerprint density at radius 3 is 2.94 bits per heavy atom. The molecule has 2 N–H and O–H groups in total. The van der Waals surface area contributed by atoms with Crippen molar-refractivity contribution in [2.75, 3.05) is 20.8 Å². The fourth-order valence-corrected chi connectivity index (χ4v) is 4.28. The zero-order valence-electron chi connectivity index (χ0n) is 17.0. The van der Waals surface area contributed by atoms with Crippen molar-refractivity contribution in [1.29, 1.82) is 0 Å². The van der Waals surface area contributed by atoms with Crippen LogP contribution in [0.25, 0.3) is 44.2 Å². The molecule has 3 aromatic heterocycles. The number of benzene rings is 2. The highest BCUT2D eigenvalue weighted by Crippen LogP contribution is 2.28. The average molecular weight is 433 g/mol. The van der Waals surface area contributed by atoms with Gasteiger partial charge in [-0.3, -0.25) is 4.79 Å². The van der Waals surface area contributed by atoms with Crippen molar-refractivity contribution in [3.05, 3.63) is 53.7 Å². The molecule has 0 aliphatic heterocycles. The Morgan fingerprint density at radius 1 is 1.19 bits per heavy atom. The van der Waals surface area contributed by atoms with Crippen molar-refractivity contribution < 1.29 is 9.53 Å². The lowest BCUT2D eigenvalue weighted by Gasteiger charge is -2.07. The van der Waals surface area contributed by atoms with Gasteiger partial charge in [0.25, 0.3) is 5.91 Å². The molecule has 0 aliphatic carbocycles. The zero-order valence-corrected chi connectivity index (χ0v) is 17.9. The van der Waals surface area contributed by atoms with E-state index in [0.29, 0.717) is 18.7 Å². The Hall–Kier alpha value is -3.56. The molecule has 0 bridgehead atoms. The zero-order chi connectivity index (χ0) is 21.4. The molecule has 0 unspecified atom stereocenters. The molecule has 5 rings (SSSR count). The maximum Gasteiger partial charge on any atom is 0.251 e. The summed E-state index contributed by atoms with van der Waals surface area (Å²) < 4.78 is 8.52. The van der Waals surface area contributed by atoms with Crippen molar-refractivity contribution in [2.24, 2.45) is 0 Å². The van der Waals surface area contributed by atoms with Gasteiger partial charge in [0.05, 0.1) is 39.6 Å². The third kappa shape index (κ3) is 3.47. The first-order valence-electron chi connectivity index (χ1n) is 9.78. The summed E-state index contributed by atoms with van der Waals surface area (Å²) in [6.45, 7) is 1.16. The summed E-state index contributed by atoms with van der Waals surface area (Å²) in [5.74, 6) is 1.35. The van der Waals surface area contributed by atoms with Gasteiger partial charge in [-0.05, 0) is 36.4 Å². The SMILES string of the molecule is CNC(=O)c1ccc2c(c1)nc(-c1cnc(-c3ccc4scnc4c3)[nH]1)n2CCOC. The molecule has 1 amide bonds. The first kappa shape index (κ1) is 19.4. The van der Waals surface area contributed by atoms with Gasteiger partial charge in [-0.2, -0.15) is 0 Å². The van der Waals surface area contributed by atoms with Crippen LogP contribution in [-0.4, -0.2) is 51.2 Å². The standard InChI is InChI=1S/C22H20N6O2S/c1-23-22(29)14-3-5-18-15(10-14)27-21(28(18)7-8-30-2)17-11-24-20(26-17)13-4-6-19-16(9-13)25-12-31-19/h3-6,9-12H,7-8H2,1-2H3,(H,23,29)(H,24,26). The molecular formula is C22H20N6O2S. The monoisotopic (exact) mass is 432 g/mol. The fourth-order valence-electron chi connectivity index (χ4n) is 3.62. The number of thiazole rings is 1. The Kier molecular flexibility index (Phi) is 4.97. The normalized spacial score (nSPS) is 11.4. The van der Waals surface area contributed by atoms with Crippen molar-refractivity contribution in [1.82, 2.24) is 29.8 Å². The largest absolute Gasteiger partial charge is 0.383 e. The van der Waals surface area contributed by atoms with E-state index in [-0.39, 0.29) is 5.91 Å². The van der Waals surface area contributed by atoms with Gasteiger partial charge < -0.3 is 19.6 Å². The number of amides is 1. The minimum absolute atomic E-state index is 0.142. The van der Waals surface area contributed by atoms with E-state index in [1.807, 2.05) is 23.7 Å². The van der Waals surface area contributed by atoms with Crippen molar-refractivity contribution >= 4 is 38.5 Å². The first-order valence-corrected chi connectivity index (χ1v) is 10.7. The molecule has 5 aromatic rings. The lowest BCUT2D eigenvalue weighted by Crippen LogP contribution is -2.17. The van der Waals surface area contributed by atoms with E-state index in [1.54, 1.807) is 43.8 Å². The summed E-state index contributed by atoms with van der Waals surface area (Å²) in [4.78, 5) is 29.2. The van der Waals surface area contributed by atoms with Crippen LogP contribution in [0.3, 0.4) is 0 Å². The van der Waals surface area contributed by atoms with Crippen LogP contribution in [0, 0.1) is 0 Å². The molecule has 3 heterocycles. The van der Waals surface area contributed by atoms with Crippen LogP contribution in [0.5, 0.6) is 0 Å². The molecule has 0 fully saturated rings. The summed E-state index contributed by atoms with van der Waals surface area (Å²) in [5, 5.41) is 2.65. The number of fused-ring (bicyclic) bond motifs is 2. The number of methoxy groups -OCH3 is 1. The summed E-state index contributed by atoms with van der Waals surface area (Å²) >= 11 is 1.61. The van der Waals surface area contributed by atoms with Gasteiger partial charge in [-0.15, -0.1) is 11.3 Å². The quantitative estimate of drug-likeness (QED) is 0.426. The summed E-state index contributed by atoms with van der Waals surface area (Å²) in [5.41, 5.74) is 6.79. The lowest BCUT2D eigenvalue weighted by atomic mass is 10.2. The van der Waals surface area contributed by atoms with E-state index in [2.05, 4.69) is 30.9 Å². The van der Waals surface area contributed by atoms with Crippen LogP contribution in [0.1, 0.15) is 10.4 Å². The summed E-state index contributed by atoms with van der Waals surface area (Å²) in [7, 11) is 3.29. The smallest absolute Gasteiger partial charge is 0.251 e. The van der Waals surface area contributed by atoms with Crippen LogP contribution in [0.4, 0.5) is 0 Å². The number of nitrogens with one attached hydrogen (secondary N) is 2. The molecule has 2 aromatic carbocycles. The second-order valence-electron chi connectivity index (χ2n) is 7.04. The molecule has 9 heteroatoms. The highest BCUT2D eigenvalue weighted by molar-refractivity contribution is 7.16. The number of carbonyl (C=O) groups excluding carboxylic acids is 1. The predicted molar refractivity (Wildman–Crippen MR) is 121 cm³/mol. The number of aromatic amines is 1. The Morgan fingerprint density at radius 2 is 2.10 bits per heavy atom. The number of H-pyrrole nitrogens is 1. The van der Waals surface area contributed by atoms with E-state index in [4.69, 9.17) is 9.72 Å². The van der Waals surface area contributed by atoms with Gasteiger partial charge in [-0.25, -0.2) is 15.0 Å². The van der Waals surface area contributed by atoms with Gasteiger partial charge in [0.15, 0.2) is 5.82 Å². The number of carbonyl (C=O) groups is 1. The van der Waals surface area contributed by atoms with E-state index < -0.39 is 0 Å². The minimum Gasteiger partial charge on any atom is -0.383 e. The van der Waals surface area contributed by atoms with Gasteiger partial charge in [-0.1, -0.05) is 0 Å². The number of hydrogen-bond acceptors (Lipinski definition) is 6. The summed E-state index contributed by atoms with van der Waals surface area (Å²) in [6.07, 6.45) is 1.78. The van der Waals surface area contributed by atoms with Gasteiger partial charge >= 0.3 is 0 Å².